The zero-order chi connectivity index (χ0) is 34.6. The predicted molar refractivity (Wildman–Crippen MR) is 197 cm³/mol. The second kappa shape index (κ2) is 15.5. The molecule has 1 heterocycles. The number of hydrogen-bond acceptors (Lipinski definition) is 7. The number of aromatic nitrogens is 1. The van der Waals surface area contributed by atoms with Crippen molar-refractivity contribution in [2.45, 2.75) is 96.5 Å². The standard InChI is InChI=1S/C40H50N2O5S2/c1-27(49-48-21-17-36(43)42(26-37(44)45)25-28-8-5-4-6-9-28)22-38(46)47-31-15-18-39(2)30(23-31)11-12-32-34-14-13-33(29-10-7-20-41-24-29)40(34,3)19-16-35(32)39/h4-11,13,20,24,27,31-32,34-35H,12,14-19,21-23,25-26H2,1-3H3,(H,44,45)/t27-,31-,32-,34-,35-,39-,40+/m0/s1. The maximum Gasteiger partial charge on any atom is 0.323 e. The minimum atomic E-state index is -1.02. The lowest BCUT2D eigenvalue weighted by molar-refractivity contribution is -0.151. The molecule has 6 rings (SSSR count). The lowest BCUT2D eigenvalue weighted by atomic mass is 9.47. The summed E-state index contributed by atoms with van der Waals surface area (Å²) in [6, 6.07) is 13.7. The van der Waals surface area contributed by atoms with Crippen LogP contribution in [0.3, 0.4) is 0 Å². The maximum absolute atomic E-state index is 13.0. The van der Waals surface area contributed by atoms with Crippen LogP contribution in [0.25, 0.3) is 5.57 Å². The molecule has 9 heteroatoms. The highest BCUT2D eigenvalue weighted by atomic mass is 33.1. The fraction of sp³-hybridized carbons (Fsp3) is 0.550. The number of allylic oxidation sites excluding steroid dienone is 3. The Morgan fingerprint density at radius 1 is 1.02 bits per heavy atom. The van der Waals surface area contributed by atoms with Crippen LogP contribution in [0, 0.1) is 28.6 Å². The van der Waals surface area contributed by atoms with Gasteiger partial charge in [-0.15, -0.1) is 0 Å². The molecule has 7 atom stereocenters. The summed E-state index contributed by atoms with van der Waals surface area (Å²) in [6.07, 6.45) is 17.0. The van der Waals surface area contributed by atoms with Gasteiger partial charge in [-0.05, 0) is 89.9 Å². The normalized spacial score (nSPS) is 29.4. The fourth-order valence-electron chi connectivity index (χ4n) is 9.42. The van der Waals surface area contributed by atoms with Gasteiger partial charge in [0.25, 0.3) is 0 Å². The monoisotopic (exact) mass is 702 g/mol. The third-order valence-electron chi connectivity index (χ3n) is 11.9. The number of rotatable bonds is 13. The highest BCUT2D eigenvalue weighted by Crippen LogP contribution is 2.66. The van der Waals surface area contributed by atoms with Crippen LogP contribution in [0.1, 0.15) is 89.7 Å². The van der Waals surface area contributed by atoms with E-state index in [2.05, 4.69) is 43.1 Å². The summed E-state index contributed by atoms with van der Waals surface area (Å²) < 4.78 is 6.08. The molecule has 0 radical (unpaired) electrons. The number of carbonyl (C=O) groups is 3. The predicted octanol–water partition coefficient (Wildman–Crippen LogP) is 8.61. The molecule has 0 spiro atoms. The summed E-state index contributed by atoms with van der Waals surface area (Å²) in [4.78, 5) is 43.0. The number of pyridine rings is 1. The van der Waals surface area contributed by atoms with Gasteiger partial charge in [0.15, 0.2) is 0 Å². The maximum atomic E-state index is 13.0. The van der Waals surface area contributed by atoms with Crippen molar-refractivity contribution in [3.05, 3.63) is 83.7 Å². The van der Waals surface area contributed by atoms with Gasteiger partial charge in [0.05, 0.1) is 6.42 Å². The van der Waals surface area contributed by atoms with E-state index in [-0.39, 0.29) is 53.6 Å². The molecular weight excluding hydrogens is 653 g/mol. The molecule has 0 unspecified atom stereocenters. The Labute approximate surface area is 299 Å². The van der Waals surface area contributed by atoms with Gasteiger partial charge in [-0.25, -0.2) is 0 Å². The Kier molecular flexibility index (Phi) is 11.3. The average molecular weight is 703 g/mol. The van der Waals surface area contributed by atoms with Crippen LogP contribution in [0.4, 0.5) is 0 Å². The highest BCUT2D eigenvalue weighted by Gasteiger charge is 2.57. The molecule has 1 amide bonds. The van der Waals surface area contributed by atoms with E-state index < -0.39 is 5.97 Å². The molecule has 2 fully saturated rings. The van der Waals surface area contributed by atoms with Crippen LogP contribution in [-0.4, -0.2) is 56.5 Å². The number of carboxylic acids is 1. The number of esters is 1. The number of benzene rings is 1. The highest BCUT2D eigenvalue weighted by molar-refractivity contribution is 8.76. The number of carbonyl (C=O) groups excluding carboxylic acids is 2. The van der Waals surface area contributed by atoms with Gasteiger partial charge >= 0.3 is 11.9 Å². The van der Waals surface area contributed by atoms with Crippen molar-refractivity contribution in [3.8, 4) is 0 Å². The Hall–Kier alpha value is -3.04. The first kappa shape index (κ1) is 35.8. The first-order valence-electron chi connectivity index (χ1n) is 17.9. The molecular formula is C40H50N2O5S2. The van der Waals surface area contributed by atoms with Crippen molar-refractivity contribution in [3.63, 3.8) is 0 Å². The third kappa shape index (κ3) is 7.98. The number of carboxylic acid groups (broad SMARTS) is 1. The summed E-state index contributed by atoms with van der Waals surface area (Å²) in [6.45, 7) is 6.96. The van der Waals surface area contributed by atoms with E-state index in [0.717, 1.165) is 37.7 Å². The molecule has 4 aliphatic carbocycles. The summed E-state index contributed by atoms with van der Waals surface area (Å²) >= 11 is 0. The van der Waals surface area contributed by atoms with Crippen molar-refractivity contribution in [2.75, 3.05) is 12.3 Å². The molecule has 262 valence electrons. The molecule has 0 saturated heterocycles. The molecule has 1 N–H and O–H groups in total. The van der Waals surface area contributed by atoms with E-state index >= 15 is 0 Å². The topological polar surface area (TPSA) is 96.8 Å². The molecule has 1 aromatic heterocycles. The Balaban J connectivity index is 0.950. The summed E-state index contributed by atoms with van der Waals surface area (Å²) in [5, 5.41) is 9.34. The third-order valence-corrected chi connectivity index (χ3v) is 14.8. The quantitative estimate of drug-likeness (QED) is 0.0960. The SMILES string of the molecule is C[C@@H](CC(=O)O[C@H]1CC[C@@]2(C)C(=CC[C@@H]3[C@@H]2CC[C@]2(C)C(c4cccnc4)=CC[C@@H]32)C1)SSCCC(=O)N(CC(=O)O)Cc1ccccc1. The molecule has 1 aromatic carbocycles. The number of nitrogens with zero attached hydrogens (tertiary/aromatic N) is 2. The first-order chi connectivity index (χ1) is 23.6. The second-order valence-corrected chi connectivity index (χ2v) is 17.9. The molecule has 2 aromatic rings. The van der Waals surface area contributed by atoms with Gasteiger partial charge in [0.1, 0.15) is 12.6 Å². The molecule has 7 nitrogen and oxygen atoms in total. The Morgan fingerprint density at radius 3 is 2.57 bits per heavy atom. The van der Waals surface area contributed by atoms with Gasteiger partial charge in [0, 0.05) is 42.8 Å². The Morgan fingerprint density at radius 2 is 1.82 bits per heavy atom. The number of amides is 1. The lowest BCUT2D eigenvalue weighted by Gasteiger charge is -2.57. The largest absolute Gasteiger partial charge is 0.480 e. The van der Waals surface area contributed by atoms with Crippen molar-refractivity contribution in [2.24, 2.45) is 28.6 Å². The Bertz CT molecular complexity index is 1560. The van der Waals surface area contributed by atoms with Gasteiger partial charge < -0.3 is 14.7 Å². The van der Waals surface area contributed by atoms with Crippen molar-refractivity contribution in [1.29, 1.82) is 0 Å². The van der Waals surface area contributed by atoms with Gasteiger partial charge in [-0.2, -0.15) is 0 Å². The van der Waals surface area contributed by atoms with Gasteiger partial charge in [0.2, 0.25) is 5.91 Å². The van der Waals surface area contributed by atoms with Gasteiger partial charge in [-0.1, -0.05) is 96.5 Å². The summed E-state index contributed by atoms with van der Waals surface area (Å²) in [7, 11) is 3.13. The van der Waals surface area contributed by atoms with Crippen LogP contribution in [0.2, 0.25) is 0 Å². The number of ether oxygens (including phenoxy) is 1. The summed E-state index contributed by atoms with van der Waals surface area (Å²) in [5.41, 5.74) is 5.59. The van der Waals surface area contributed by atoms with Gasteiger partial charge in [-0.3, -0.25) is 19.4 Å². The molecule has 0 bridgehead atoms. The fourth-order valence-corrected chi connectivity index (χ4v) is 11.6. The van der Waals surface area contributed by atoms with Crippen LogP contribution >= 0.6 is 21.6 Å². The first-order valence-corrected chi connectivity index (χ1v) is 20.3. The molecule has 4 aliphatic rings. The zero-order valence-corrected chi connectivity index (χ0v) is 30.6. The van der Waals surface area contributed by atoms with E-state index in [1.165, 1.54) is 34.5 Å². The second-order valence-electron chi connectivity index (χ2n) is 15.0. The van der Waals surface area contributed by atoms with Crippen molar-refractivity contribution < 1.29 is 24.2 Å². The smallest absolute Gasteiger partial charge is 0.323 e. The number of aliphatic carboxylic acids is 1. The lowest BCUT2D eigenvalue weighted by Crippen LogP contribution is -2.50. The minimum absolute atomic E-state index is 0.0451. The summed E-state index contributed by atoms with van der Waals surface area (Å²) in [5.74, 6) is 1.22. The van der Waals surface area contributed by atoms with Crippen LogP contribution < -0.4 is 0 Å². The van der Waals surface area contributed by atoms with E-state index in [4.69, 9.17) is 4.74 Å². The zero-order valence-electron chi connectivity index (χ0n) is 29.0. The van der Waals surface area contributed by atoms with Crippen molar-refractivity contribution >= 4 is 45.0 Å². The van der Waals surface area contributed by atoms with E-state index in [1.807, 2.05) is 49.6 Å². The van der Waals surface area contributed by atoms with Crippen molar-refractivity contribution in [1.82, 2.24) is 9.88 Å². The van der Waals surface area contributed by atoms with Crippen LogP contribution in [0.15, 0.2) is 72.6 Å². The average Bonchev–Trinajstić information content (AvgIpc) is 3.44. The van der Waals surface area contributed by atoms with Crippen LogP contribution in [-0.2, 0) is 25.7 Å². The van der Waals surface area contributed by atoms with E-state index in [0.29, 0.717) is 29.9 Å². The molecule has 2 saturated carbocycles. The van der Waals surface area contributed by atoms with E-state index in [9.17, 15) is 19.5 Å². The van der Waals surface area contributed by atoms with E-state index in [1.54, 1.807) is 21.6 Å². The number of hydrogen-bond donors (Lipinski definition) is 1. The minimum Gasteiger partial charge on any atom is -0.480 e. The molecule has 0 aliphatic heterocycles. The number of fused-ring (bicyclic) bond motifs is 5. The van der Waals surface area contributed by atoms with Crippen LogP contribution in [0.5, 0.6) is 0 Å². The molecule has 49 heavy (non-hydrogen) atoms.